The van der Waals surface area contributed by atoms with Gasteiger partial charge >= 0.3 is 12.1 Å². The molecule has 108 valence electrons. The third-order valence-electron chi connectivity index (χ3n) is 1.91. The molecule has 0 heterocycles. The van der Waals surface area contributed by atoms with Gasteiger partial charge in [0.25, 0.3) is 0 Å². The van der Waals surface area contributed by atoms with Crippen molar-refractivity contribution in [3.05, 3.63) is 0 Å². The monoisotopic (exact) mass is 274 g/mol. The first-order valence-electron chi connectivity index (χ1n) is 5.34. The van der Waals surface area contributed by atoms with Gasteiger partial charge in [-0.3, -0.25) is 4.79 Å². The highest BCUT2D eigenvalue weighted by molar-refractivity contribution is 5.67. The van der Waals surface area contributed by atoms with Gasteiger partial charge in [0.15, 0.2) is 6.10 Å². The van der Waals surface area contributed by atoms with Crippen molar-refractivity contribution in [2.24, 2.45) is 0 Å². The van der Waals surface area contributed by atoms with Gasteiger partial charge in [0.2, 0.25) is 0 Å². The normalized spacial score (nSPS) is 13.6. The Balaban J connectivity index is 3.74. The molecule has 0 spiro atoms. The second-order valence-corrected chi connectivity index (χ2v) is 3.46. The molecule has 0 aliphatic heterocycles. The molecule has 0 rings (SSSR count). The average Bonchev–Trinajstić information content (AvgIpc) is 2.24. The van der Waals surface area contributed by atoms with Crippen LogP contribution in [0.5, 0.6) is 0 Å². The summed E-state index contributed by atoms with van der Waals surface area (Å²) in [6, 6.07) is 0. The van der Waals surface area contributed by atoms with Crippen LogP contribution in [0.1, 0.15) is 12.8 Å². The molecule has 1 unspecified atom stereocenters. The Morgan fingerprint density at radius 3 is 2.39 bits per heavy atom. The second kappa shape index (κ2) is 9.12. The summed E-state index contributed by atoms with van der Waals surface area (Å²) in [7, 11) is 1.51. The van der Waals surface area contributed by atoms with Crippen LogP contribution in [0, 0.1) is 0 Å². The van der Waals surface area contributed by atoms with Gasteiger partial charge < -0.3 is 19.3 Å². The molecule has 0 saturated carbocycles. The van der Waals surface area contributed by atoms with Crippen LogP contribution in [-0.2, 0) is 19.0 Å². The van der Waals surface area contributed by atoms with Crippen LogP contribution in [-0.4, -0.2) is 56.9 Å². The van der Waals surface area contributed by atoms with Gasteiger partial charge in [0.05, 0.1) is 19.6 Å². The quantitative estimate of drug-likeness (QED) is 0.611. The lowest BCUT2D eigenvalue weighted by Gasteiger charge is -2.19. The zero-order chi connectivity index (χ0) is 14.0. The van der Waals surface area contributed by atoms with Crippen molar-refractivity contribution in [1.29, 1.82) is 0 Å². The van der Waals surface area contributed by atoms with E-state index >= 15 is 0 Å². The van der Waals surface area contributed by atoms with Gasteiger partial charge in [-0.15, -0.1) is 0 Å². The van der Waals surface area contributed by atoms with Gasteiger partial charge in [-0.2, -0.15) is 13.2 Å². The lowest BCUT2D eigenvalue weighted by Crippen LogP contribution is -2.34. The summed E-state index contributed by atoms with van der Waals surface area (Å²) in [5, 5.41) is 8.33. The number of carboxylic acids is 1. The number of halogens is 3. The first-order chi connectivity index (χ1) is 8.38. The van der Waals surface area contributed by atoms with E-state index in [0.717, 1.165) is 0 Å². The fourth-order valence-electron chi connectivity index (χ4n) is 1.06. The van der Waals surface area contributed by atoms with Gasteiger partial charge in [-0.25, -0.2) is 0 Å². The molecule has 5 nitrogen and oxygen atoms in total. The van der Waals surface area contributed by atoms with E-state index in [1.807, 2.05) is 0 Å². The lowest BCUT2D eigenvalue weighted by molar-refractivity contribution is -0.224. The van der Waals surface area contributed by atoms with Crippen molar-refractivity contribution in [2.45, 2.75) is 25.1 Å². The molecule has 0 amide bonds. The molecule has 8 heteroatoms. The minimum Gasteiger partial charge on any atom is -0.481 e. The van der Waals surface area contributed by atoms with Crippen LogP contribution in [0.25, 0.3) is 0 Å². The molecule has 0 aromatic heterocycles. The topological polar surface area (TPSA) is 65.0 Å². The number of aliphatic carboxylic acids is 1. The predicted octanol–water partition coefficient (Wildman–Crippen LogP) is 1.46. The molecule has 18 heavy (non-hydrogen) atoms. The third kappa shape index (κ3) is 9.20. The van der Waals surface area contributed by atoms with E-state index in [-0.39, 0.29) is 19.6 Å². The Kier molecular flexibility index (Phi) is 8.69. The predicted molar refractivity (Wildman–Crippen MR) is 55.4 cm³/mol. The van der Waals surface area contributed by atoms with Crippen LogP contribution in [0.4, 0.5) is 13.2 Å². The van der Waals surface area contributed by atoms with Crippen LogP contribution in [0.15, 0.2) is 0 Å². The maximum atomic E-state index is 12.3. The molecule has 0 aromatic carbocycles. The minimum absolute atomic E-state index is 0.204. The number of alkyl halides is 3. The Hall–Kier alpha value is -0.860. The smallest absolute Gasteiger partial charge is 0.415 e. The van der Waals surface area contributed by atoms with Crippen molar-refractivity contribution in [3.8, 4) is 0 Å². The number of hydrogen-bond donors (Lipinski definition) is 1. The first kappa shape index (κ1) is 17.1. The van der Waals surface area contributed by atoms with Crippen LogP contribution < -0.4 is 0 Å². The maximum absolute atomic E-state index is 12.3. The number of carboxylic acid groups (broad SMARTS) is 1. The Bertz CT molecular complexity index is 232. The van der Waals surface area contributed by atoms with Crippen molar-refractivity contribution in [2.75, 3.05) is 33.5 Å². The summed E-state index contributed by atoms with van der Waals surface area (Å²) in [6.45, 7) is 0.796. The molecule has 0 saturated heterocycles. The van der Waals surface area contributed by atoms with Crippen molar-refractivity contribution in [3.63, 3.8) is 0 Å². The lowest BCUT2D eigenvalue weighted by atomic mass is 10.2. The second-order valence-electron chi connectivity index (χ2n) is 3.46. The molecule has 0 radical (unpaired) electrons. The molecule has 0 fully saturated rings. The number of ether oxygens (including phenoxy) is 3. The van der Waals surface area contributed by atoms with Gasteiger partial charge in [-0.1, -0.05) is 0 Å². The van der Waals surface area contributed by atoms with Gasteiger partial charge in [0, 0.05) is 20.3 Å². The standard InChI is InChI=1S/C10H17F3O5/c1-16-5-6-17-3-2-4-18-8(7-9(14)15)10(11,12)13/h8H,2-7H2,1H3,(H,14,15). The molecule has 0 bridgehead atoms. The largest absolute Gasteiger partial charge is 0.481 e. The fraction of sp³-hybridized carbons (Fsp3) is 0.900. The Morgan fingerprint density at radius 2 is 1.89 bits per heavy atom. The zero-order valence-electron chi connectivity index (χ0n) is 10.0. The van der Waals surface area contributed by atoms with E-state index < -0.39 is 24.7 Å². The van der Waals surface area contributed by atoms with E-state index in [9.17, 15) is 18.0 Å². The zero-order valence-corrected chi connectivity index (χ0v) is 10.0. The minimum atomic E-state index is -4.67. The average molecular weight is 274 g/mol. The van der Waals surface area contributed by atoms with Gasteiger partial charge in [-0.05, 0) is 6.42 Å². The van der Waals surface area contributed by atoms with E-state index in [1.54, 1.807) is 0 Å². The van der Waals surface area contributed by atoms with Crippen molar-refractivity contribution in [1.82, 2.24) is 0 Å². The number of hydrogen-bond acceptors (Lipinski definition) is 4. The molecular weight excluding hydrogens is 257 g/mol. The summed E-state index contributed by atoms with van der Waals surface area (Å²) >= 11 is 0. The third-order valence-corrected chi connectivity index (χ3v) is 1.91. The summed E-state index contributed by atoms with van der Waals surface area (Å²) in [4.78, 5) is 10.2. The van der Waals surface area contributed by atoms with E-state index in [4.69, 9.17) is 14.6 Å². The van der Waals surface area contributed by atoms with E-state index in [0.29, 0.717) is 13.2 Å². The maximum Gasteiger partial charge on any atom is 0.415 e. The van der Waals surface area contributed by atoms with E-state index in [2.05, 4.69) is 4.74 Å². The molecule has 1 atom stereocenters. The highest BCUT2D eigenvalue weighted by Crippen LogP contribution is 2.25. The first-order valence-corrected chi connectivity index (χ1v) is 5.34. The van der Waals surface area contributed by atoms with Gasteiger partial charge in [0.1, 0.15) is 0 Å². The molecule has 1 N–H and O–H groups in total. The Labute approximate surface area is 103 Å². The number of rotatable bonds is 10. The highest BCUT2D eigenvalue weighted by atomic mass is 19.4. The van der Waals surface area contributed by atoms with Crippen LogP contribution >= 0.6 is 0 Å². The number of methoxy groups -OCH3 is 1. The molecule has 0 aliphatic rings. The summed E-state index contributed by atoms with van der Waals surface area (Å²) in [6.07, 6.45) is -7.77. The fourth-order valence-corrected chi connectivity index (χ4v) is 1.06. The SMILES string of the molecule is COCCOCCCOC(CC(=O)O)C(F)(F)F. The van der Waals surface area contributed by atoms with E-state index in [1.165, 1.54) is 7.11 Å². The molecule has 0 aromatic rings. The molecular formula is C10H17F3O5. The summed E-state index contributed by atoms with van der Waals surface area (Å²) in [5.74, 6) is -1.55. The Morgan fingerprint density at radius 1 is 1.22 bits per heavy atom. The van der Waals surface area contributed by atoms with Crippen LogP contribution in [0.2, 0.25) is 0 Å². The molecule has 0 aliphatic carbocycles. The highest BCUT2D eigenvalue weighted by Gasteiger charge is 2.41. The summed E-state index contributed by atoms with van der Waals surface area (Å²) in [5.41, 5.74) is 0. The van der Waals surface area contributed by atoms with Crippen LogP contribution in [0.3, 0.4) is 0 Å². The summed E-state index contributed by atoms with van der Waals surface area (Å²) < 4.78 is 51.2. The number of carbonyl (C=O) groups is 1. The van der Waals surface area contributed by atoms with Crippen molar-refractivity contribution < 1.29 is 37.3 Å². The van der Waals surface area contributed by atoms with Crippen molar-refractivity contribution >= 4 is 5.97 Å².